The van der Waals surface area contributed by atoms with Gasteiger partial charge in [-0.25, -0.2) is 13.6 Å². The molecule has 1 heterocycles. The number of carbonyl (C=O) groups is 1. The Morgan fingerprint density at radius 2 is 1.68 bits per heavy atom. The molecule has 1 aliphatic rings. The van der Waals surface area contributed by atoms with Gasteiger partial charge in [-0.05, 0) is 48.2 Å². The predicted molar refractivity (Wildman–Crippen MR) is 108 cm³/mol. The van der Waals surface area contributed by atoms with Crippen LogP contribution in [0.3, 0.4) is 0 Å². The number of ether oxygens (including phenoxy) is 1. The first-order valence-corrected chi connectivity index (χ1v) is 10.9. The molecular formula is C20H23ClN2O4S. The van der Waals surface area contributed by atoms with Crippen molar-refractivity contribution in [1.29, 1.82) is 0 Å². The maximum absolute atomic E-state index is 12.5. The highest BCUT2D eigenvalue weighted by atomic mass is 35.5. The van der Waals surface area contributed by atoms with Crippen LogP contribution in [0.5, 0.6) is 0 Å². The van der Waals surface area contributed by atoms with Gasteiger partial charge in [-0.2, -0.15) is 0 Å². The Morgan fingerprint density at radius 1 is 1.07 bits per heavy atom. The fraction of sp³-hybridized carbons (Fsp3) is 0.350. The van der Waals surface area contributed by atoms with E-state index in [4.69, 9.17) is 21.5 Å². The molecule has 150 valence electrons. The van der Waals surface area contributed by atoms with E-state index in [2.05, 4.69) is 5.32 Å². The molecule has 28 heavy (non-hydrogen) atoms. The number of primary sulfonamides is 1. The van der Waals surface area contributed by atoms with Crippen LogP contribution in [0, 0.1) is 0 Å². The van der Waals surface area contributed by atoms with Crippen LogP contribution in [-0.2, 0) is 31.4 Å². The Hall–Kier alpha value is -1.93. The number of halogens is 1. The van der Waals surface area contributed by atoms with Gasteiger partial charge < -0.3 is 10.1 Å². The average molecular weight is 423 g/mol. The summed E-state index contributed by atoms with van der Waals surface area (Å²) in [6, 6.07) is 13.8. The summed E-state index contributed by atoms with van der Waals surface area (Å²) in [5.41, 5.74) is 1.67. The van der Waals surface area contributed by atoms with Gasteiger partial charge in [-0.3, -0.25) is 4.79 Å². The highest BCUT2D eigenvalue weighted by molar-refractivity contribution is 7.89. The SMILES string of the molecule is NS(=O)(=O)c1ccc(CC(=O)NCC2(c3ccc(Cl)cc3)CCOCC2)cc1. The van der Waals surface area contributed by atoms with Crippen molar-refractivity contribution in [3.63, 3.8) is 0 Å². The molecule has 0 atom stereocenters. The fourth-order valence-electron chi connectivity index (χ4n) is 3.45. The molecule has 1 aliphatic heterocycles. The number of hydrogen-bond acceptors (Lipinski definition) is 4. The van der Waals surface area contributed by atoms with E-state index in [0.29, 0.717) is 24.8 Å². The highest BCUT2D eigenvalue weighted by Crippen LogP contribution is 2.34. The number of benzene rings is 2. The lowest BCUT2D eigenvalue weighted by atomic mass is 9.74. The van der Waals surface area contributed by atoms with E-state index < -0.39 is 10.0 Å². The van der Waals surface area contributed by atoms with E-state index in [9.17, 15) is 13.2 Å². The average Bonchev–Trinajstić information content (AvgIpc) is 2.67. The van der Waals surface area contributed by atoms with Crippen LogP contribution in [0.2, 0.25) is 5.02 Å². The van der Waals surface area contributed by atoms with E-state index in [1.807, 2.05) is 24.3 Å². The molecule has 0 bridgehead atoms. The number of nitrogens with two attached hydrogens (primary N) is 1. The molecule has 1 saturated heterocycles. The Bertz CT molecular complexity index is 922. The minimum absolute atomic E-state index is 0.0283. The van der Waals surface area contributed by atoms with Gasteiger partial charge in [0.05, 0.1) is 11.3 Å². The number of amides is 1. The number of sulfonamides is 1. The van der Waals surface area contributed by atoms with E-state index in [0.717, 1.165) is 24.0 Å². The molecule has 0 saturated carbocycles. The van der Waals surface area contributed by atoms with Crippen molar-refractivity contribution in [3.05, 3.63) is 64.7 Å². The van der Waals surface area contributed by atoms with Crippen LogP contribution in [0.25, 0.3) is 0 Å². The van der Waals surface area contributed by atoms with Crippen molar-refractivity contribution in [2.24, 2.45) is 5.14 Å². The molecule has 0 spiro atoms. The molecular weight excluding hydrogens is 400 g/mol. The Morgan fingerprint density at radius 3 is 2.25 bits per heavy atom. The molecule has 2 aromatic carbocycles. The van der Waals surface area contributed by atoms with Crippen molar-refractivity contribution in [1.82, 2.24) is 5.32 Å². The van der Waals surface area contributed by atoms with Crippen LogP contribution in [0.4, 0.5) is 0 Å². The largest absolute Gasteiger partial charge is 0.381 e. The Balaban J connectivity index is 1.66. The van der Waals surface area contributed by atoms with Crippen LogP contribution < -0.4 is 10.5 Å². The fourth-order valence-corrected chi connectivity index (χ4v) is 4.09. The van der Waals surface area contributed by atoms with Gasteiger partial charge in [0.2, 0.25) is 15.9 Å². The zero-order chi connectivity index (χ0) is 20.2. The normalized spacial score (nSPS) is 16.5. The molecule has 0 aromatic heterocycles. The Kier molecular flexibility index (Phi) is 6.40. The zero-order valence-electron chi connectivity index (χ0n) is 15.4. The summed E-state index contributed by atoms with van der Waals surface area (Å²) in [7, 11) is -3.74. The van der Waals surface area contributed by atoms with Crippen LogP contribution in [-0.4, -0.2) is 34.1 Å². The third-order valence-electron chi connectivity index (χ3n) is 5.15. The lowest BCUT2D eigenvalue weighted by molar-refractivity contribution is -0.120. The van der Waals surface area contributed by atoms with Gasteiger partial charge in [-0.1, -0.05) is 35.9 Å². The van der Waals surface area contributed by atoms with E-state index >= 15 is 0 Å². The summed E-state index contributed by atoms with van der Waals surface area (Å²) >= 11 is 6.01. The second-order valence-electron chi connectivity index (χ2n) is 7.04. The number of nitrogens with one attached hydrogen (secondary N) is 1. The smallest absolute Gasteiger partial charge is 0.238 e. The standard InChI is InChI=1S/C20H23ClN2O4S/c21-17-5-3-16(4-6-17)20(9-11-27-12-10-20)14-23-19(24)13-15-1-7-18(8-2-15)28(22,25)26/h1-8H,9-14H2,(H,23,24)(H2,22,25,26). The van der Waals surface area contributed by atoms with E-state index in [1.54, 1.807) is 12.1 Å². The number of carbonyl (C=O) groups excluding carboxylic acids is 1. The first kappa shape index (κ1) is 20.8. The predicted octanol–water partition coefficient (Wildman–Crippen LogP) is 2.39. The van der Waals surface area contributed by atoms with Gasteiger partial charge in [-0.15, -0.1) is 0 Å². The summed E-state index contributed by atoms with van der Waals surface area (Å²) < 4.78 is 28.1. The van der Waals surface area contributed by atoms with Crippen molar-refractivity contribution < 1.29 is 17.9 Å². The van der Waals surface area contributed by atoms with Crippen molar-refractivity contribution in [3.8, 4) is 0 Å². The molecule has 0 radical (unpaired) electrons. The minimum Gasteiger partial charge on any atom is -0.381 e. The molecule has 1 amide bonds. The first-order valence-electron chi connectivity index (χ1n) is 9.01. The Labute approximate surface area is 170 Å². The van der Waals surface area contributed by atoms with Gasteiger partial charge >= 0.3 is 0 Å². The van der Waals surface area contributed by atoms with Crippen molar-refractivity contribution in [2.75, 3.05) is 19.8 Å². The van der Waals surface area contributed by atoms with Crippen molar-refractivity contribution in [2.45, 2.75) is 29.6 Å². The molecule has 3 N–H and O–H groups in total. The third-order valence-corrected chi connectivity index (χ3v) is 6.33. The topological polar surface area (TPSA) is 98.5 Å². The van der Waals surface area contributed by atoms with Gasteiger partial charge in [0.1, 0.15) is 0 Å². The van der Waals surface area contributed by atoms with Gasteiger partial charge in [0.15, 0.2) is 0 Å². The second kappa shape index (κ2) is 8.61. The number of rotatable bonds is 6. The lowest BCUT2D eigenvalue weighted by Crippen LogP contribution is -2.45. The maximum atomic E-state index is 12.5. The van der Waals surface area contributed by atoms with E-state index in [1.165, 1.54) is 12.1 Å². The molecule has 2 aromatic rings. The molecule has 0 unspecified atom stereocenters. The second-order valence-corrected chi connectivity index (χ2v) is 9.04. The summed E-state index contributed by atoms with van der Waals surface area (Å²) in [4.78, 5) is 12.5. The maximum Gasteiger partial charge on any atom is 0.238 e. The summed E-state index contributed by atoms with van der Waals surface area (Å²) in [5.74, 6) is -0.122. The highest BCUT2D eigenvalue weighted by Gasteiger charge is 2.34. The van der Waals surface area contributed by atoms with E-state index in [-0.39, 0.29) is 22.6 Å². The monoisotopic (exact) mass is 422 g/mol. The van der Waals surface area contributed by atoms with Crippen molar-refractivity contribution >= 4 is 27.5 Å². The van der Waals surface area contributed by atoms with Crippen LogP contribution in [0.15, 0.2) is 53.4 Å². The van der Waals surface area contributed by atoms with Crippen LogP contribution >= 0.6 is 11.6 Å². The molecule has 0 aliphatic carbocycles. The summed E-state index contributed by atoms with van der Waals surface area (Å²) in [6.45, 7) is 1.80. The quantitative estimate of drug-likeness (QED) is 0.746. The summed E-state index contributed by atoms with van der Waals surface area (Å²) in [6.07, 6.45) is 1.80. The zero-order valence-corrected chi connectivity index (χ0v) is 16.9. The van der Waals surface area contributed by atoms with Gasteiger partial charge in [0.25, 0.3) is 0 Å². The third kappa shape index (κ3) is 5.11. The summed E-state index contributed by atoms with van der Waals surface area (Å²) in [5, 5.41) is 8.80. The lowest BCUT2D eigenvalue weighted by Gasteiger charge is -2.38. The van der Waals surface area contributed by atoms with Crippen LogP contribution in [0.1, 0.15) is 24.0 Å². The number of hydrogen-bond donors (Lipinski definition) is 2. The molecule has 8 heteroatoms. The first-order chi connectivity index (χ1) is 13.3. The van der Waals surface area contributed by atoms with Gasteiger partial charge in [0, 0.05) is 30.2 Å². The molecule has 1 fully saturated rings. The molecule has 6 nitrogen and oxygen atoms in total. The minimum atomic E-state index is -3.74. The molecule has 3 rings (SSSR count).